The van der Waals surface area contributed by atoms with Gasteiger partial charge < -0.3 is 9.80 Å². The molecule has 0 spiro atoms. The van der Waals surface area contributed by atoms with E-state index in [9.17, 15) is 22.8 Å². The van der Waals surface area contributed by atoms with Gasteiger partial charge in [0, 0.05) is 31.1 Å². The first-order valence-corrected chi connectivity index (χ1v) is 9.00. The van der Waals surface area contributed by atoms with E-state index in [1.165, 1.54) is 34.4 Å². The summed E-state index contributed by atoms with van der Waals surface area (Å²) >= 11 is 1.50. The largest absolute Gasteiger partial charge is 0.417 e. The Bertz CT molecular complexity index is 782. The summed E-state index contributed by atoms with van der Waals surface area (Å²) in [6, 6.07) is 8.55. The molecule has 1 aliphatic rings. The van der Waals surface area contributed by atoms with Gasteiger partial charge in [0.2, 0.25) is 5.91 Å². The van der Waals surface area contributed by atoms with Crippen LogP contribution < -0.4 is 0 Å². The molecule has 0 atom stereocenters. The molecule has 0 aliphatic carbocycles. The Morgan fingerprint density at radius 2 is 1.62 bits per heavy atom. The molecule has 1 fully saturated rings. The summed E-state index contributed by atoms with van der Waals surface area (Å²) in [5, 5.41) is 1.90. The van der Waals surface area contributed by atoms with Crippen LogP contribution in [-0.2, 0) is 17.4 Å². The van der Waals surface area contributed by atoms with Gasteiger partial charge in [-0.25, -0.2) is 0 Å². The van der Waals surface area contributed by atoms with Gasteiger partial charge in [-0.15, -0.1) is 11.3 Å². The molecule has 1 aromatic carbocycles. The van der Waals surface area contributed by atoms with Crippen molar-refractivity contribution >= 4 is 23.2 Å². The van der Waals surface area contributed by atoms with Crippen molar-refractivity contribution in [3.8, 4) is 0 Å². The van der Waals surface area contributed by atoms with Crippen molar-refractivity contribution in [1.82, 2.24) is 9.80 Å². The minimum atomic E-state index is -4.58. The molecule has 26 heavy (non-hydrogen) atoms. The van der Waals surface area contributed by atoms with E-state index in [2.05, 4.69) is 0 Å². The van der Waals surface area contributed by atoms with Crippen LogP contribution >= 0.6 is 11.3 Å². The van der Waals surface area contributed by atoms with Crippen molar-refractivity contribution in [2.75, 3.05) is 26.2 Å². The van der Waals surface area contributed by atoms with E-state index in [0.29, 0.717) is 19.5 Å². The summed E-state index contributed by atoms with van der Waals surface area (Å²) in [5.74, 6) is -0.682. The van der Waals surface area contributed by atoms with Gasteiger partial charge in [0.1, 0.15) is 0 Å². The first-order valence-electron chi connectivity index (χ1n) is 8.12. The van der Waals surface area contributed by atoms with E-state index in [1.807, 2.05) is 17.5 Å². The number of halogens is 3. The van der Waals surface area contributed by atoms with E-state index >= 15 is 0 Å². The van der Waals surface area contributed by atoms with E-state index < -0.39 is 17.6 Å². The molecule has 2 aromatic rings. The minimum absolute atomic E-state index is 0.0322. The Balaban J connectivity index is 1.63. The topological polar surface area (TPSA) is 40.6 Å². The zero-order chi connectivity index (χ0) is 18.7. The number of amides is 2. The fourth-order valence-corrected chi connectivity index (χ4v) is 3.62. The highest BCUT2D eigenvalue weighted by atomic mass is 32.1. The number of rotatable bonds is 3. The van der Waals surface area contributed by atoms with Gasteiger partial charge in [0.25, 0.3) is 5.91 Å². The molecule has 8 heteroatoms. The Labute approximate surface area is 152 Å². The number of carbonyl (C=O) groups is 2. The van der Waals surface area contributed by atoms with Crippen molar-refractivity contribution in [3.05, 3.63) is 57.8 Å². The summed E-state index contributed by atoms with van der Waals surface area (Å²) in [7, 11) is 0. The van der Waals surface area contributed by atoms with Gasteiger partial charge in [0.05, 0.1) is 17.5 Å². The third kappa shape index (κ3) is 4.07. The molecule has 1 saturated heterocycles. The second-order valence-corrected chi connectivity index (χ2v) is 7.00. The maximum atomic E-state index is 13.1. The van der Waals surface area contributed by atoms with Crippen LogP contribution in [0.15, 0.2) is 41.8 Å². The summed E-state index contributed by atoms with van der Waals surface area (Å²) in [5.41, 5.74) is -1.28. The van der Waals surface area contributed by atoms with Crippen molar-refractivity contribution in [3.63, 3.8) is 0 Å². The van der Waals surface area contributed by atoms with Crippen LogP contribution in [0.2, 0.25) is 0 Å². The molecule has 0 N–H and O–H groups in total. The van der Waals surface area contributed by atoms with Crippen LogP contribution in [-0.4, -0.2) is 47.8 Å². The molecule has 0 unspecified atom stereocenters. The Morgan fingerprint density at radius 3 is 2.23 bits per heavy atom. The van der Waals surface area contributed by atoms with Gasteiger partial charge in [-0.2, -0.15) is 13.2 Å². The number of benzene rings is 1. The Morgan fingerprint density at radius 1 is 0.962 bits per heavy atom. The highest BCUT2D eigenvalue weighted by Crippen LogP contribution is 2.32. The van der Waals surface area contributed by atoms with Gasteiger partial charge in [0.15, 0.2) is 0 Å². The third-order valence-electron chi connectivity index (χ3n) is 4.29. The van der Waals surface area contributed by atoms with Gasteiger partial charge in [-0.05, 0) is 23.6 Å². The molecule has 0 bridgehead atoms. The number of alkyl halides is 3. The van der Waals surface area contributed by atoms with E-state index in [1.54, 1.807) is 4.90 Å². The SMILES string of the molecule is O=C(Cc1cccs1)N1CCN(C(=O)c2ccccc2C(F)(F)F)CC1. The monoisotopic (exact) mass is 382 g/mol. The average Bonchev–Trinajstić information content (AvgIpc) is 3.13. The lowest BCUT2D eigenvalue weighted by Crippen LogP contribution is -2.51. The first kappa shape index (κ1) is 18.4. The smallest absolute Gasteiger partial charge is 0.339 e. The lowest BCUT2D eigenvalue weighted by molar-refractivity contribution is -0.138. The maximum Gasteiger partial charge on any atom is 0.417 e. The highest BCUT2D eigenvalue weighted by molar-refractivity contribution is 7.10. The van der Waals surface area contributed by atoms with Crippen LogP contribution in [0, 0.1) is 0 Å². The zero-order valence-corrected chi connectivity index (χ0v) is 14.6. The molecule has 2 heterocycles. The molecular weight excluding hydrogens is 365 g/mol. The van der Waals surface area contributed by atoms with Crippen LogP contribution in [0.4, 0.5) is 13.2 Å². The highest BCUT2D eigenvalue weighted by Gasteiger charge is 2.36. The molecule has 1 aromatic heterocycles. The van der Waals surface area contributed by atoms with Crippen LogP contribution in [0.1, 0.15) is 20.8 Å². The van der Waals surface area contributed by atoms with Crippen molar-refractivity contribution in [1.29, 1.82) is 0 Å². The molecule has 2 amide bonds. The Kier molecular flexibility index (Phi) is 5.31. The first-order chi connectivity index (χ1) is 12.4. The average molecular weight is 382 g/mol. The number of carbonyl (C=O) groups excluding carboxylic acids is 2. The predicted octanol–water partition coefficient (Wildman–Crippen LogP) is 3.29. The van der Waals surface area contributed by atoms with E-state index in [4.69, 9.17) is 0 Å². The maximum absolute atomic E-state index is 13.1. The number of hydrogen-bond donors (Lipinski definition) is 0. The molecule has 4 nitrogen and oxygen atoms in total. The molecular formula is C18H17F3N2O2S. The molecule has 1 aliphatic heterocycles. The van der Waals surface area contributed by atoms with Crippen molar-refractivity contribution in [2.45, 2.75) is 12.6 Å². The van der Waals surface area contributed by atoms with Crippen LogP contribution in [0.3, 0.4) is 0 Å². The van der Waals surface area contributed by atoms with Gasteiger partial charge >= 0.3 is 6.18 Å². The second kappa shape index (κ2) is 7.49. The van der Waals surface area contributed by atoms with E-state index in [0.717, 1.165) is 10.9 Å². The number of thiophene rings is 1. The lowest BCUT2D eigenvalue weighted by Gasteiger charge is -2.35. The second-order valence-electron chi connectivity index (χ2n) is 5.97. The van der Waals surface area contributed by atoms with Gasteiger partial charge in [-0.3, -0.25) is 9.59 Å². The zero-order valence-electron chi connectivity index (χ0n) is 13.8. The van der Waals surface area contributed by atoms with Crippen molar-refractivity contribution < 1.29 is 22.8 Å². The summed E-state index contributed by atoms with van der Waals surface area (Å²) in [6.07, 6.45) is -4.27. The molecule has 0 radical (unpaired) electrons. The fourth-order valence-electron chi connectivity index (χ4n) is 2.92. The summed E-state index contributed by atoms with van der Waals surface area (Å²) < 4.78 is 39.3. The predicted molar refractivity (Wildman–Crippen MR) is 92.0 cm³/mol. The van der Waals surface area contributed by atoms with E-state index in [-0.39, 0.29) is 24.6 Å². The molecule has 3 rings (SSSR count). The van der Waals surface area contributed by atoms with Crippen LogP contribution in [0.25, 0.3) is 0 Å². The van der Waals surface area contributed by atoms with Crippen molar-refractivity contribution in [2.24, 2.45) is 0 Å². The summed E-state index contributed by atoms with van der Waals surface area (Å²) in [4.78, 5) is 28.8. The normalized spacial score (nSPS) is 15.2. The fraction of sp³-hybridized carbons (Fsp3) is 0.333. The third-order valence-corrected chi connectivity index (χ3v) is 5.16. The lowest BCUT2D eigenvalue weighted by atomic mass is 10.1. The minimum Gasteiger partial charge on any atom is -0.339 e. The molecule has 0 saturated carbocycles. The quantitative estimate of drug-likeness (QED) is 0.817. The standard InChI is InChI=1S/C18H17F3N2O2S/c19-18(20,21)15-6-2-1-5-14(15)17(25)23-9-7-22(8-10-23)16(24)12-13-4-3-11-26-13/h1-6,11H,7-10,12H2. The number of piperazine rings is 1. The number of nitrogens with zero attached hydrogens (tertiary/aromatic N) is 2. The summed E-state index contributed by atoms with van der Waals surface area (Å²) in [6.45, 7) is 1.09. The molecule has 138 valence electrons. The van der Waals surface area contributed by atoms with Gasteiger partial charge in [-0.1, -0.05) is 18.2 Å². The van der Waals surface area contributed by atoms with Crippen LogP contribution in [0.5, 0.6) is 0 Å². The Hall–Kier alpha value is -2.35. The number of hydrogen-bond acceptors (Lipinski definition) is 3.